The zero-order chi connectivity index (χ0) is 24.7. The van der Waals surface area contributed by atoms with Crippen molar-refractivity contribution in [1.29, 1.82) is 0 Å². The molecule has 0 aromatic heterocycles. The zero-order valence-corrected chi connectivity index (χ0v) is 21.6. The summed E-state index contributed by atoms with van der Waals surface area (Å²) in [6.45, 7) is 8.09. The molecule has 2 saturated heterocycles. The Hall–Kier alpha value is -2.23. The molecule has 2 aliphatic heterocycles. The Balaban J connectivity index is 1.66. The van der Waals surface area contributed by atoms with Crippen molar-refractivity contribution in [3.8, 4) is 0 Å². The average Bonchev–Trinajstić information content (AvgIpc) is 3.23. The third-order valence-electron chi connectivity index (χ3n) is 6.34. The molecule has 0 bridgehead atoms. The molecule has 34 heavy (non-hydrogen) atoms. The van der Waals surface area contributed by atoms with E-state index < -0.39 is 38.6 Å². The van der Waals surface area contributed by atoms with Crippen LogP contribution in [0.3, 0.4) is 0 Å². The lowest BCUT2D eigenvalue weighted by atomic mass is 9.93. The Morgan fingerprint density at radius 1 is 1.03 bits per heavy atom. The van der Waals surface area contributed by atoms with Crippen LogP contribution in [0.2, 0.25) is 0 Å². The summed E-state index contributed by atoms with van der Waals surface area (Å²) in [6.07, 6.45) is -0.0190. The van der Waals surface area contributed by atoms with Gasteiger partial charge in [0, 0.05) is 41.7 Å². The Labute approximate surface area is 204 Å². The van der Waals surface area contributed by atoms with Gasteiger partial charge < -0.3 is 9.64 Å². The number of nitrogens with zero attached hydrogens (tertiary/aromatic N) is 2. The molecule has 0 aliphatic carbocycles. The molecule has 2 aromatic carbocycles. The summed E-state index contributed by atoms with van der Waals surface area (Å²) in [5.41, 5.74) is 0.316. The number of sulfonamides is 1. The van der Waals surface area contributed by atoms with E-state index in [1.807, 2.05) is 37.3 Å². The molecule has 2 aromatic rings. The molecule has 2 unspecified atom stereocenters. The maximum Gasteiger partial charge on any atom is 0.410 e. The number of ether oxygens (including phenoxy) is 1. The van der Waals surface area contributed by atoms with Crippen molar-refractivity contribution in [2.45, 2.75) is 60.8 Å². The van der Waals surface area contributed by atoms with Gasteiger partial charge in [-0.1, -0.05) is 35.9 Å². The molecule has 2 fully saturated rings. The summed E-state index contributed by atoms with van der Waals surface area (Å²) in [5.74, 6) is -0.262. The van der Waals surface area contributed by atoms with Crippen LogP contribution in [0.4, 0.5) is 4.79 Å². The van der Waals surface area contributed by atoms with Crippen LogP contribution in [0.25, 0.3) is 0 Å². The van der Waals surface area contributed by atoms with Crippen molar-refractivity contribution in [3.63, 3.8) is 0 Å². The first-order valence-electron chi connectivity index (χ1n) is 11.5. The molecule has 7 nitrogen and oxygen atoms in total. The SMILES string of the molecule is Cc1ccc(S(=O)(=O)N2CCC(S(=O)c3ccccc3)[C@@H]3CN(C(=O)OC(C)(C)C)C[C@@H]32)cc1. The molecule has 4 rings (SSSR count). The summed E-state index contributed by atoms with van der Waals surface area (Å²) >= 11 is 0. The number of fused-ring (bicyclic) bond motifs is 1. The molecule has 2 aliphatic rings. The average molecular weight is 505 g/mol. The molecule has 0 N–H and O–H groups in total. The largest absolute Gasteiger partial charge is 0.444 e. The molecular formula is C25H32N2O5S2. The van der Waals surface area contributed by atoms with Crippen molar-refractivity contribution < 1.29 is 22.2 Å². The number of piperidine rings is 1. The normalized spacial score (nSPS) is 24.5. The van der Waals surface area contributed by atoms with Crippen molar-refractivity contribution in [2.75, 3.05) is 19.6 Å². The summed E-state index contributed by atoms with van der Waals surface area (Å²) in [4.78, 5) is 15.4. The third kappa shape index (κ3) is 5.06. The van der Waals surface area contributed by atoms with Crippen LogP contribution < -0.4 is 0 Å². The minimum Gasteiger partial charge on any atom is -0.444 e. The van der Waals surface area contributed by atoms with Gasteiger partial charge in [-0.25, -0.2) is 13.2 Å². The number of hydrogen-bond acceptors (Lipinski definition) is 5. The lowest BCUT2D eigenvalue weighted by molar-refractivity contribution is 0.0284. The predicted octanol–water partition coefficient (Wildman–Crippen LogP) is 3.80. The van der Waals surface area contributed by atoms with Gasteiger partial charge >= 0.3 is 6.09 Å². The van der Waals surface area contributed by atoms with Gasteiger partial charge in [0.05, 0.1) is 15.7 Å². The monoisotopic (exact) mass is 504 g/mol. The number of carbonyl (C=O) groups is 1. The molecule has 4 atom stereocenters. The highest BCUT2D eigenvalue weighted by Gasteiger charge is 2.51. The van der Waals surface area contributed by atoms with Crippen molar-refractivity contribution in [3.05, 3.63) is 60.2 Å². The van der Waals surface area contributed by atoms with Gasteiger partial charge in [-0.2, -0.15) is 4.31 Å². The predicted molar refractivity (Wildman–Crippen MR) is 131 cm³/mol. The number of hydrogen-bond donors (Lipinski definition) is 0. The van der Waals surface area contributed by atoms with E-state index in [4.69, 9.17) is 4.74 Å². The number of likely N-dealkylation sites (tertiary alicyclic amines) is 1. The van der Waals surface area contributed by atoms with E-state index in [1.165, 1.54) is 4.31 Å². The van der Waals surface area contributed by atoms with Crippen LogP contribution in [-0.4, -0.2) is 64.5 Å². The van der Waals surface area contributed by atoms with Gasteiger partial charge in [0.1, 0.15) is 5.60 Å². The lowest BCUT2D eigenvalue weighted by Crippen LogP contribution is -2.54. The maximum atomic E-state index is 13.6. The van der Waals surface area contributed by atoms with Gasteiger partial charge in [0.2, 0.25) is 10.0 Å². The van der Waals surface area contributed by atoms with Gasteiger partial charge in [-0.3, -0.25) is 4.21 Å². The molecule has 184 valence electrons. The van der Waals surface area contributed by atoms with Crippen LogP contribution in [0.15, 0.2) is 64.4 Å². The van der Waals surface area contributed by atoms with E-state index in [1.54, 1.807) is 49.9 Å². The van der Waals surface area contributed by atoms with E-state index in [0.29, 0.717) is 13.0 Å². The fourth-order valence-corrected chi connectivity index (χ4v) is 8.09. The second-order valence-electron chi connectivity index (χ2n) is 9.98. The van der Waals surface area contributed by atoms with E-state index in [9.17, 15) is 17.4 Å². The molecule has 1 amide bonds. The van der Waals surface area contributed by atoms with Crippen molar-refractivity contribution in [2.24, 2.45) is 5.92 Å². The van der Waals surface area contributed by atoms with Gasteiger partial charge in [0.25, 0.3) is 0 Å². The molecular weight excluding hydrogens is 472 g/mol. The first-order chi connectivity index (χ1) is 16.0. The second kappa shape index (κ2) is 9.43. The first kappa shape index (κ1) is 24.9. The van der Waals surface area contributed by atoms with E-state index in [2.05, 4.69) is 0 Å². The second-order valence-corrected chi connectivity index (χ2v) is 13.5. The third-order valence-corrected chi connectivity index (χ3v) is 10.2. The van der Waals surface area contributed by atoms with Crippen LogP contribution in [0.1, 0.15) is 32.8 Å². The van der Waals surface area contributed by atoms with Crippen molar-refractivity contribution >= 4 is 26.9 Å². The van der Waals surface area contributed by atoms with Crippen LogP contribution in [-0.2, 0) is 25.6 Å². The van der Waals surface area contributed by atoms with Crippen molar-refractivity contribution in [1.82, 2.24) is 9.21 Å². The van der Waals surface area contributed by atoms with E-state index in [0.717, 1.165) is 10.5 Å². The van der Waals surface area contributed by atoms with Gasteiger partial charge in [-0.15, -0.1) is 0 Å². The first-order valence-corrected chi connectivity index (χ1v) is 14.1. The number of carbonyl (C=O) groups excluding carboxylic acids is 1. The summed E-state index contributed by atoms with van der Waals surface area (Å²) in [5, 5.41) is -0.260. The molecule has 0 saturated carbocycles. The maximum absolute atomic E-state index is 13.6. The van der Waals surface area contributed by atoms with Gasteiger partial charge in [0.15, 0.2) is 0 Å². The van der Waals surface area contributed by atoms with E-state index in [-0.39, 0.29) is 29.2 Å². The highest BCUT2D eigenvalue weighted by atomic mass is 32.2. The lowest BCUT2D eigenvalue weighted by Gasteiger charge is -2.40. The highest BCUT2D eigenvalue weighted by molar-refractivity contribution is 7.89. The Bertz CT molecular complexity index is 1160. The number of rotatable bonds is 4. The summed E-state index contributed by atoms with van der Waals surface area (Å²) in [7, 11) is -5.09. The van der Waals surface area contributed by atoms with Crippen LogP contribution in [0.5, 0.6) is 0 Å². The minimum atomic E-state index is -3.78. The number of benzene rings is 2. The fraction of sp³-hybridized carbons (Fsp3) is 0.480. The van der Waals surface area contributed by atoms with Gasteiger partial charge in [-0.05, 0) is 58.4 Å². The smallest absolute Gasteiger partial charge is 0.410 e. The van der Waals surface area contributed by atoms with E-state index >= 15 is 0 Å². The Morgan fingerprint density at radius 3 is 2.29 bits per heavy atom. The standard InChI is InChI=1S/C25H32N2O5S2/c1-18-10-12-20(13-11-18)34(30,31)27-15-14-23(33(29)19-8-6-5-7-9-19)21-16-26(17-22(21)27)24(28)32-25(2,3)4/h5-13,21-23H,14-17H2,1-4H3/t21-,22+,23?,33?/m1/s1. The molecule has 2 heterocycles. The summed E-state index contributed by atoms with van der Waals surface area (Å²) < 4.78 is 47.8. The topological polar surface area (TPSA) is 84.0 Å². The molecule has 9 heteroatoms. The van der Waals surface area contributed by atoms with Crippen LogP contribution >= 0.6 is 0 Å². The fourth-order valence-electron chi connectivity index (χ4n) is 4.73. The minimum absolute atomic E-state index is 0.215. The Kier molecular flexibility index (Phi) is 6.90. The molecule has 0 spiro atoms. The highest BCUT2D eigenvalue weighted by Crippen LogP contribution is 2.38. The number of aryl methyl sites for hydroxylation is 1. The number of amides is 1. The Morgan fingerprint density at radius 2 is 1.68 bits per heavy atom. The summed E-state index contributed by atoms with van der Waals surface area (Å²) in [6, 6.07) is 15.6. The quantitative estimate of drug-likeness (QED) is 0.632. The van der Waals surface area contributed by atoms with Crippen LogP contribution in [0, 0.1) is 12.8 Å². The molecule has 0 radical (unpaired) electrons. The zero-order valence-electron chi connectivity index (χ0n) is 20.0.